The number of hydrogen-bond donors (Lipinski definition) is 2. The van der Waals surface area contributed by atoms with Crippen LogP contribution in [0.25, 0.3) is 0 Å². The van der Waals surface area contributed by atoms with Crippen LogP contribution < -0.4 is 15.4 Å². The fourth-order valence-electron chi connectivity index (χ4n) is 2.37. The maximum atomic E-state index is 12.1. The van der Waals surface area contributed by atoms with Gasteiger partial charge in [0.1, 0.15) is 5.75 Å². The highest BCUT2D eigenvalue weighted by atomic mass is 35.5. The van der Waals surface area contributed by atoms with E-state index in [1.165, 1.54) is 19.3 Å². The Morgan fingerprint density at radius 3 is 2.54 bits per heavy atom. The van der Waals surface area contributed by atoms with Crippen molar-refractivity contribution in [2.45, 2.75) is 32.6 Å². The molecule has 26 heavy (non-hydrogen) atoms. The largest absolute Gasteiger partial charge is 0.494 e. The van der Waals surface area contributed by atoms with Gasteiger partial charge in [-0.2, -0.15) is 0 Å². The molecule has 2 aromatic carbocycles. The third kappa shape index (κ3) is 7.14. The molecule has 2 rings (SSSR count). The van der Waals surface area contributed by atoms with Crippen LogP contribution in [0.15, 0.2) is 42.5 Å². The summed E-state index contributed by atoms with van der Waals surface area (Å²) >= 11 is 12.0. The second kappa shape index (κ2) is 10.9. The van der Waals surface area contributed by atoms with Crippen molar-refractivity contribution in [2.75, 3.05) is 23.8 Å². The van der Waals surface area contributed by atoms with E-state index in [2.05, 4.69) is 17.6 Å². The molecule has 0 bridgehead atoms. The van der Waals surface area contributed by atoms with E-state index in [-0.39, 0.29) is 12.5 Å². The highest BCUT2D eigenvalue weighted by Crippen LogP contribution is 2.25. The van der Waals surface area contributed by atoms with Gasteiger partial charge in [-0.25, -0.2) is 0 Å². The number of rotatable bonds is 10. The van der Waals surface area contributed by atoms with Crippen LogP contribution in [0.4, 0.5) is 11.4 Å². The molecule has 0 radical (unpaired) electrons. The SMILES string of the molecule is CCCCCCOc1ccc(NC(=O)CNc2cc(Cl)ccc2Cl)cc1. The van der Waals surface area contributed by atoms with Gasteiger partial charge in [0.05, 0.1) is 23.9 Å². The molecule has 0 heterocycles. The minimum atomic E-state index is -0.172. The van der Waals surface area contributed by atoms with Crippen molar-refractivity contribution < 1.29 is 9.53 Å². The Bertz CT molecular complexity index is 705. The maximum absolute atomic E-state index is 12.1. The van der Waals surface area contributed by atoms with Crippen LogP contribution in [0.3, 0.4) is 0 Å². The number of ether oxygens (including phenoxy) is 1. The van der Waals surface area contributed by atoms with E-state index in [0.29, 0.717) is 21.4 Å². The number of carbonyl (C=O) groups excluding carboxylic acids is 1. The van der Waals surface area contributed by atoms with E-state index in [4.69, 9.17) is 27.9 Å². The van der Waals surface area contributed by atoms with E-state index < -0.39 is 0 Å². The number of benzene rings is 2. The van der Waals surface area contributed by atoms with E-state index >= 15 is 0 Å². The molecule has 2 aromatic rings. The molecule has 0 saturated carbocycles. The lowest BCUT2D eigenvalue weighted by Crippen LogP contribution is -2.21. The van der Waals surface area contributed by atoms with Gasteiger partial charge in [0.2, 0.25) is 5.91 Å². The third-order valence-electron chi connectivity index (χ3n) is 3.77. The molecule has 6 heteroatoms. The number of halogens is 2. The first kappa shape index (κ1) is 20.4. The topological polar surface area (TPSA) is 50.4 Å². The zero-order chi connectivity index (χ0) is 18.8. The smallest absolute Gasteiger partial charge is 0.243 e. The monoisotopic (exact) mass is 394 g/mol. The van der Waals surface area contributed by atoms with E-state index in [0.717, 1.165) is 18.8 Å². The second-order valence-corrected chi connectivity index (χ2v) is 6.80. The number of unbranched alkanes of at least 4 members (excludes halogenated alkanes) is 3. The Kier molecular flexibility index (Phi) is 8.59. The van der Waals surface area contributed by atoms with Gasteiger partial charge in [-0.15, -0.1) is 0 Å². The lowest BCUT2D eigenvalue weighted by atomic mass is 10.2. The van der Waals surface area contributed by atoms with Crippen LogP contribution in [0, 0.1) is 0 Å². The quantitative estimate of drug-likeness (QED) is 0.485. The first-order valence-electron chi connectivity index (χ1n) is 8.80. The van der Waals surface area contributed by atoms with Gasteiger partial charge in [0, 0.05) is 10.7 Å². The molecule has 0 aliphatic rings. The molecule has 2 N–H and O–H groups in total. The predicted molar refractivity (Wildman–Crippen MR) is 110 cm³/mol. The third-order valence-corrected chi connectivity index (χ3v) is 4.34. The summed E-state index contributed by atoms with van der Waals surface area (Å²) < 4.78 is 5.69. The molecule has 0 saturated heterocycles. The second-order valence-electron chi connectivity index (χ2n) is 5.96. The van der Waals surface area contributed by atoms with Crippen molar-refractivity contribution >= 4 is 40.5 Å². The van der Waals surface area contributed by atoms with Crippen molar-refractivity contribution in [1.29, 1.82) is 0 Å². The first-order chi connectivity index (χ1) is 12.6. The van der Waals surface area contributed by atoms with Crippen LogP contribution in [0.1, 0.15) is 32.6 Å². The summed E-state index contributed by atoms with van der Waals surface area (Å²) in [6.45, 7) is 3.00. The van der Waals surface area contributed by atoms with Crippen molar-refractivity contribution in [2.24, 2.45) is 0 Å². The highest BCUT2D eigenvalue weighted by molar-refractivity contribution is 6.35. The Morgan fingerprint density at radius 2 is 1.81 bits per heavy atom. The van der Waals surface area contributed by atoms with Crippen molar-refractivity contribution in [3.8, 4) is 5.75 Å². The number of nitrogens with one attached hydrogen (secondary N) is 2. The number of amides is 1. The van der Waals surface area contributed by atoms with E-state index in [1.807, 2.05) is 24.3 Å². The van der Waals surface area contributed by atoms with Gasteiger partial charge in [0.25, 0.3) is 0 Å². The van der Waals surface area contributed by atoms with Gasteiger partial charge >= 0.3 is 0 Å². The molecule has 0 fully saturated rings. The average molecular weight is 395 g/mol. The van der Waals surface area contributed by atoms with Gasteiger partial charge in [0.15, 0.2) is 0 Å². The average Bonchev–Trinajstić information content (AvgIpc) is 2.63. The van der Waals surface area contributed by atoms with Gasteiger partial charge in [-0.05, 0) is 48.9 Å². The molecule has 4 nitrogen and oxygen atoms in total. The molecule has 0 aliphatic carbocycles. The Labute approximate surface area is 164 Å². The summed E-state index contributed by atoms with van der Waals surface area (Å²) in [7, 11) is 0. The molecular formula is C20H24Cl2N2O2. The molecule has 0 aliphatic heterocycles. The van der Waals surface area contributed by atoms with Crippen molar-refractivity contribution in [3.05, 3.63) is 52.5 Å². The first-order valence-corrected chi connectivity index (χ1v) is 9.55. The fourth-order valence-corrected chi connectivity index (χ4v) is 2.72. The summed E-state index contributed by atoms with van der Waals surface area (Å²) in [6.07, 6.45) is 4.70. The van der Waals surface area contributed by atoms with Gasteiger partial charge in [-0.1, -0.05) is 49.4 Å². The summed E-state index contributed by atoms with van der Waals surface area (Å²) in [5.41, 5.74) is 1.34. The van der Waals surface area contributed by atoms with E-state index in [9.17, 15) is 4.79 Å². The molecule has 0 aromatic heterocycles. The zero-order valence-corrected chi connectivity index (χ0v) is 16.4. The molecule has 0 atom stereocenters. The summed E-state index contributed by atoms with van der Waals surface area (Å²) in [4.78, 5) is 12.1. The minimum absolute atomic E-state index is 0.0930. The van der Waals surface area contributed by atoms with E-state index in [1.54, 1.807) is 18.2 Å². The Balaban J connectivity index is 1.75. The Morgan fingerprint density at radius 1 is 1.04 bits per heavy atom. The molecular weight excluding hydrogens is 371 g/mol. The summed E-state index contributed by atoms with van der Waals surface area (Å²) in [5, 5.41) is 6.88. The minimum Gasteiger partial charge on any atom is -0.494 e. The summed E-state index contributed by atoms with van der Waals surface area (Å²) in [6, 6.07) is 12.4. The summed E-state index contributed by atoms with van der Waals surface area (Å²) in [5.74, 6) is 0.637. The lowest BCUT2D eigenvalue weighted by Gasteiger charge is -2.10. The highest BCUT2D eigenvalue weighted by Gasteiger charge is 2.06. The van der Waals surface area contributed by atoms with Crippen LogP contribution in [0.2, 0.25) is 10.0 Å². The standard InChI is InChI=1S/C20H24Cl2N2O2/c1-2-3-4-5-12-26-17-9-7-16(8-10-17)24-20(25)14-23-19-13-15(21)6-11-18(19)22/h6-11,13,23H,2-5,12,14H2,1H3,(H,24,25). The predicted octanol–water partition coefficient (Wildman–Crippen LogP) is 6.00. The molecule has 0 spiro atoms. The lowest BCUT2D eigenvalue weighted by molar-refractivity contribution is -0.114. The normalized spacial score (nSPS) is 10.4. The fraction of sp³-hybridized carbons (Fsp3) is 0.350. The van der Waals surface area contributed by atoms with Crippen LogP contribution in [-0.2, 0) is 4.79 Å². The molecule has 0 unspecified atom stereocenters. The van der Waals surface area contributed by atoms with Gasteiger partial charge < -0.3 is 15.4 Å². The number of carbonyl (C=O) groups is 1. The molecule has 140 valence electrons. The van der Waals surface area contributed by atoms with Gasteiger partial charge in [-0.3, -0.25) is 4.79 Å². The molecule has 1 amide bonds. The van der Waals surface area contributed by atoms with Crippen LogP contribution >= 0.6 is 23.2 Å². The number of hydrogen-bond acceptors (Lipinski definition) is 3. The van der Waals surface area contributed by atoms with Crippen LogP contribution in [-0.4, -0.2) is 19.1 Å². The van der Waals surface area contributed by atoms with Crippen LogP contribution in [0.5, 0.6) is 5.75 Å². The number of anilines is 2. The Hall–Kier alpha value is -1.91. The van der Waals surface area contributed by atoms with Crippen molar-refractivity contribution in [3.63, 3.8) is 0 Å². The zero-order valence-electron chi connectivity index (χ0n) is 14.9. The van der Waals surface area contributed by atoms with Crippen molar-refractivity contribution in [1.82, 2.24) is 0 Å². The maximum Gasteiger partial charge on any atom is 0.243 e.